The molecule has 1 amide bonds. The van der Waals surface area contributed by atoms with Crippen LogP contribution in [0.5, 0.6) is 0 Å². The van der Waals surface area contributed by atoms with Gasteiger partial charge < -0.3 is 9.64 Å². The molecule has 1 N–H and O–H groups in total. The Morgan fingerprint density at radius 2 is 1.54 bits per heavy atom. The molecule has 0 spiro atoms. The van der Waals surface area contributed by atoms with Crippen molar-refractivity contribution in [3.05, 3.63) is 72.3 Å². The molecule has 3 rings (SSSR count). The molecule has 0 bridgehead atoms. The van der Waals surface area contributed by atoms with Gasteiger partial charge in [-0.2, -0.15) is 0 Å². The number of hydrogen-bond acceptors (Lipinski definition) is 6. The summed E-state index contributed by atoms with van der Waals surface area (Å²) < 4.78 is 31.5. The highest BCUT2D eigenvalue weighted by Crippen LogP contribution is 2.23. The molecule has 0 saturated heterocycles. The zero-order valence-electron chi connectivity index (χ0n) is 20.1. The second kappa shape index (κ2) is 10.4. The Morgan fingerprint density at radius 3 is 2.14 bits per heavy atom. The van der Waals surface area contributed by atoms with E-state index in [2.05, 4.69) is 4.72 Å². The first-order valence-electron chi connectivity index (χ1n) is 11.0. The van der Waals surface area contributed by atoms with Crippen molar-refractivity contribution in [2.24, 2.45) is 0 Å². The standard InChI is InChI=1S/C26H28N2O6S/c1-26(2,3)34-25(31)23(29)16-24(30)28(21-11-13-22(14-12-21)35(32,33)27-4)17-18-9-10-19-7-5-6-8-20(19)15-18/h5-15,27H,16-17H2,1-4H3. The number of carbonyl (C=O) groups excluding carboxylic acids is 3. The molecule has 0 aliphatic carbocycles. The number of ether oxygens (including phenoxy) is 1. The van der Waals surface area contributed by atoms with Crippen molar-refractivity contribution >= 4 is 44.1 Å². The average Bonchev–Trinajstić information content (AvgIpc) is 2.81. The molecule has 184 valence electrons. The van der Waals surface area contributed by atoms with Gasteiger partial charge in [0.25, 0.3) is 0 Å². The topological polar surface area (TPSA) is 110 Å². The van der Waals surface area contributed by atoms with Crippen LogP contribution in [0.2, 0.25) is 0 Å². The summed E-state index contributed by atoms with van der Waals surface area (Å²) in [6, 6.07) is 19.2. The van der Waals surface area contributed by atoms with E-state index >= 15 is 0 Å². The number of nitrogens with zero attached hydrogens (tertiary/aromatic N) is 1. The number of anilines is 1. The van der Waals surface area contributed by atoms with E-state index in [-0.39, 0.29) is 11.4 Å². The third-order valence-corrected chi connectivity index (χ3v) is 6.55. The van der Waals surface area contributed by atoms with Crippen LogP contribution >= 0.6 is 0 Å². The summed E-state index contributed by atoms with van der Waals surface area (Å²) in [4.78, 5) is 39.1. The summed E-state index contributed by atoms with van der Waals surface area (Å²) in [6.45, 7) is 5.01. The van der Waals surface area contributed by atoms with Crippen LogP contribution in [0.4, 0.5) is 5.69 Å². The van der Waals surface area contributed by atoms with Crippen LogP contribution in [0.3, 0.4) is 0 Å². The van der Waals surface area contributed by atoms with E-state index in [1.54, 1.807) is 20.8 Å². The molecule has 0 aliphatic heterocycles. The number of amides is 1. The molecule has 0 atom stereocenters. The Balaban J connectivity index is 1.92. The monoisotopic (exact) mass is 496 g/mol. The molecule has 0 fully saturated rings. The zero-order chi connectivity index (χ0) is 25.8. The summed E-state index contributed by atoms with van der Waals surface area (Å²) in [7, 11) is -2.35. The van der Waals surface area contributed by atoms with E-state index in [1.165, 1.54) is 36.2 Å². The molecule has 0 unspecified atom stereocenters. The first kappa shape index (κ1) is 26.1. The lowest BCUT2D eigenvalue weighted by Crippen LogP contribution is -2.35. The second-order valence-corrected chi connectivity index (χ2v) is 10.9. The smallest absolute Gasteiger partial charge is 0.375 e. The molecule has 8 nitrogen and oxygen atoms in total. The number of Topliss-reactive ketones (excluding diaryl/α,β-unsaturated/α-hetero) is 1. The van der Waals surface area contributed by atoms with Crippen LogP contribution in [-0.2, 0) is 35.7 Å². The summed E-state index contributed by atoms with van der Waals surface area (Å²) >= 11 is 0. The second-order valence-electron chi connectivity index (χ2n) is 8.96. The SMILES string of the molecule is CNS(=O)(=O)c1ccc(N(Cc2ccc3ccccc3c2)C(=O)CC(=O)C(=O)OC(C)(C)C)cc1. The number of nitrogens with one attached hydrogen (secondary N) is 1. The van der Waals surface area contributed by atoms with Gasteiger partial charge in [-0.05, 0) is 74.5 Å². The molecular weight excluding hydrogens is 468 g/mol. The molecule has 0 aliphatic rings. The largest absolute Gasteiger partial charge is 0.454 e. The van der Waals surface area contributed by atoms with E-state index < -0.39 is 39.7 Å². The number of carbonyl (C=O) groups is 3. The first-order valence-corrected chi connectivity index (χ1v) is 12.5. The Labute approximate surface area is 204 Å². The number of rotatable bonds is 8. The summed E-state index contributed by atoms with van der Waals surface area (Å²) in [5, 5.41) is 2.02. The normalized spacial score (nSPS) is 11.8. The van der Waals surface area contributed by atoms with Gasteiger partial charge in [0.05, 0.1) is 17.9 Å². The van der Waals surface area contributed by atoms with Gasteiger partial charge in [0, 0.05) is 5.69 Å². The van der Waals surface area contributed by atoms with Crippen LogP contribution < -0.4 is 9.62 Å². The predicted octanol–water partition coefficient (Wildman–Crippen LogP) is 3.58. The van der Waals surface area contributed by atoms with Gasteiger partial charge in [0.15, 0.2) is 0 Å². The fourth-order valence-corrected chi connectivity index (χ4v) is 4.14. The minimum atomic E-state index is -3.66. The third-order valence-electron chi connectivity index (χ3n) is 5.12. The molecule has 0 radical (unpaired) electrons. The summed E-state index contributed by atoms with van der Waals surface area (Å²) in [5.41, 5.74) is 0.318. The van der Waals surface area contributed by atoms with Gasteiger partial charge in [0.1, 0.15) is 5.60 Å². The van der Waals surface area contributed by atoms with Crippen molar-refractivity contribution in [1.82, 2.24) is 4.72 Å². The fourth-order valence-electron chi connectivity index (χ4n) is 3.41. The van der Waals surface area contributed by atoms with Crippen LogP contribution in [-0.4, -0.2) is 38.7 Å². The predicted molar refractivity (Wildman–Crippen MR) is 133 cm³/mol. The van der Waals surface area contributed by atoms with E-state index in [1.807, 2.05) is 42.5 Å². The number of sulfonamides is 1. The lowest BCUT2D eigenvalue weighted by Gasteiger charge is -2.24. The van der Waals surface area contributed by atoms with Crippen LogP contribution in [0.15, 0.2) is 71.6 Å². The molecule has 9 heteroatoms. The van der Waals surface area contributed by atoms with E-state index in [0.717, 1.165) is 16.3 Å². The molecule has 3 aromatic rings. The van der Waals surface area contributed by atoms with E-state index in [0.29, 0.717) is 5.69 Å². The highest BCUT2D eigenvalue weighted by Gasteiger charge is 2.28. The van der Waals surface area contributed by atoms with Gasteiger partial charge in [-0.15, -0.1) is 0 Å². The van der Waals surface area contributed by atoms with Gasteiger partial charge in [0.2, 0.25) is 21.7 Å². The highest BCUT2D eigenvalue weighted by molar-refractivity contribution is 7.89. The molecule has 35 heavy (non-hydrogen) atoms. The maximum absolute atomic E-state index is 13.2. The van der Waals surface area contributed by atoms with Crippen molar-refractivity contribution in [3.8, 4) is 0 Å². The van der Waals surface area contributed by atoms with Gasteiger partial charge in [-0.3, -0.25) is 9.59 Å². The quantitative estimate of drug-likeness (QED) is 0.290. The minimum Gasteiger partial charge on any atom is -0.454 e. The maximum atomic E-state index is 13.2. The Morgan fingerprint density at radius 1 is 0.914 bits per heavy atom. The van der Waals surface area contributed by atoms with Crippen molar-refractivity contribution in [3.63, 3.8) is 0 Å². The minimum absolute atomic E-state index is 0.0340. The van der Waals surface area contributed by atoms with E-state index in [4.69, 9.17) is 4.74 Å². The Kier molecular flexibility index (Phi) is 7.72. The maximum Gasteiger partial charge on any atom is 0.375 e. The summed E-state index contributed by atoms with van der Waals surface area (Å²) in [5.74, 6) is -2.65. The van der Waals surface area contributed by atoms with Gasteiger partial charge in [-0.25, -0.2) is 17.9 Å². The molecule has 0 aromatic heterocycles. The lowest BCUT2D eigenvalue weighted by atomic mass is 10.1. The van der Waals surface area contributed by atoms with Crippen molar-refractivity contribution in [2.45, 2.75) is 44.2 Å². The number of esters is 1. The molecule has 0 heterocycles. The molecule has 0 saturated carbocycles. The van der Waals surface area contributed by atoms with E-state index in [9.17, 15) is 22.8 Å². The van der Waals surface area contributed by atoms with Crippen LogP contribution in [0, 0.1) is 0 Å². The fraction of sp³-hybridized carbons (Fsp3) is 0.269. The zero-order valence-corrected chi connectivity index (χ0v) is 20.9. The highest BCUT2D eigenvalue weighted by atomic mass is 32.2. The Hall–Kier alpha value is -3.56. The van der Waals surface area contributed by atoms with Crippen LogP contribution in [0.25, 0.3) is 10.8 Å². The Bertz CT molecular complexity index is 1360. The molecular formula is C26H28N2O6S. The number of benzene rings is 3. The van der Waals surface area contributed by atoms with Gasteiger partial charge in [-0.1, -0.05) is 36.4 Å². The summed E-state index contributed by atoms with van der Waals surface area (Å²) in [6.07, 6.45) is -0.681. The van der Waals surface area contributed by atoms with Crippen molar-refractivity contribution in [2.75, 3.05) is 11.9 Å². The van der Waals surface area contributed by atoms with Crippen molar-refractivity contribution in [1.29, 1.82) is 0 Å². The number of fused-ring (bicyclic) bond motifs is 1. The van der Waals surface area contributed by atoms with Gasteiger partial charge >= 0.3 is 5.97 Å². The lowest BCUT2D eigenvalue weighted by molar-refractivity contribution is -0.163. The average molecular weight is 497 g/mol. The molecule has 3 aromatic carbocycles. The van der Waals surface area contributed by atoms with Crippen LogP contribution in [0.1, 0.15) is 32.8 Å². The first-order chi connectivity index (χ1) is 16.4. The van der Waals surface area contributed by atoms with Crippen molar-refractivity contribution < 1.29 is 27.5 Å². The third kappa shape index (κ3) is 6.74. The number of ketones is 1. The number of hydrogen-bond donors (Lipinski definition) is 1.